The summed E-state index contributed by atoms with van der Waals surface area (Å²) < 4.78 is 1.78. The molecule has 2 N–H and O–H groups in total. The van der Waals surface area contributed by atoms with E-state index in [1.807, 2.05) is 49.5 Å². The highest BCUT2D eigenvalue weighted by Gasteiger charge is 2.13. The van der Waals surface area contributed by atoms with Crippen molar-refractivity contribution in [3.63, 3.8) is 0 Å². The lowest BCUT2D eigenvalue weighted by atomic mass is 10.1. The van der Waals surface area contributed by atoms with E-state index in [0.717, 1.165) is 22.3 Å². The summed E-state index contributed by atoms with van der Waals surface area (Å²) in [5.41, 5.74) is 9.01. The summed E-state index contributed by atoms with van der Waals surface area (Å²) in [6, 6.07) is 13.7. The standard InChI is InChI=1S/C14H14N4/c1-18-13(8-9-16-18)14(15)12-7-6-10-4-2-3-5-11(10)17-12/h2-9,14H,15H2,1H3. The molecule has 0 fully saturated rings. The van der Waals surface area contributed by atoms with E-state index < -0.39 is 0 Å². The van der Waals surface area contributed by atoms with Gasteiger partial charge in [-0.3, -0.25) is 9.67 Å². The molecule has 0 bridgehead atoms. The van der Waals surface area contributed by atoms with Gasteiger partial charge in [0.25, 0.3) is 0 Å². The second kappa shape index (κ2) is 4.23. The van der Waals surface area contributed by atoms with Crippen LogP contribution in [0.4, 0.5) is 0 Å². The highest BCUT2D eigenvalue weighted by atomic mass is 15.3. The van der Waals surface area contributed by atoms with E-state index in [1.54, 1.807) is 10.9 Å². The topological polar surface area (TPSA) is 56.7 Å². The third-order valence-corrected chi connectivity index (χ3v) is 3.12. The maximum Gasteiger partial charge on any atom is 0.0897 e. The monoisotopic (exact) mass is 238 g/mol. The Labute approximate surface area is 105 Å². The Kier molecular flexibility index (Phi) is 2.57. The normalized spacial score (nSPS) is 12.8. The Morgan fingerprint density at radius 3 is 2.72 bits per heavy atom. The van der Waals surface area contributed by atoms with Crippen molar-refractivity contribution in [3.05, 3.63) is 60.0 Å². The van der Waals surface area contributed by atoms with Crippen LogP contribution < -0.4 is 5.73 Å². The molecular formula is C14H14N4. The maximum absolute atomic E-state index is 6.23. The Morgan fingerprint density at radius 2 is 1.94 bits per heavy atom. The van der Waals surface area contributed by atoms with E-state index in [-0.39, 0.29) is 6.04 Å². The number of rotatable bonds is 2. The molecular weight excluding hydrogens is 224 g/mol. The molecule has 0 amide bonds. The van der Waals surface area contributed by atoms with Gasteiger partial charge in [-0.2, -0.15) is 5.10 Å². The lowest BCUT2D eigenvalue weighted by Gasteiger charge is -2.12. The average Bonchev–Trinajstić information content (AvgIpc) is 2.83. The van der Waals surface area contributed by atoms with Crippen molar-refractivity contribution < 1.29 is 0 Å². The predicted octanol–water partition coefficient (Wildman–Crippen LogP) is 2.02. The summed E-state index contributed by atoms with van der Waals surface area (Å²) in [4.78, 5) is 4.61. The number of aryl methyl sites for hydroxylation is 1. The van der Waals surface area contributed by atoms with Crippen LogP contribution in [0.2, 0.25) is 0 Å². The van der Waals surface area contributed by atoms with Gasteiger partial charge in [0.15, 0.2) is 0 Å². The summed E-state index contributed by atoms with van der Waals surface area (Å²) in [5.74, 6) is 0. The van der Waals surface area contributed by atoms with Crippen LogP contribution >= 0.6 is 0 Å². The third-order valence-electron chi connectivity index (χ3n) is 3.12. The number of nitrogens with zero attached hydrogens (tertiary/aromatic N) is 3. The molecule has 0 aliphatic heterocycles. The van der Waals surface area contributed by atoms with Crippen LogP contribution in [0, 0.1) is 0 Å². The number of hydrogen-bond acceptors (Lipinski definition) is 3. The van der Waals surface area contributed by atoms with Gasteiger partial charge in [-0.05, 0) is 18.2 Å². The van der Waals surface area contributed by atoms with E-state index >= 15 is 0 Å². The minimum absolute atomic E-state index is 0.248. The molecule has 2 aromatic heterocycles. The molecule has 4 nitrogen and oxygen atoms in total. The van der Waals surface area contributed by atoms with Gasteiger partial charge in [0.1, 0.15) is 0 Å². The molecule has 2 heterocycles. The van der Waals surface area contributed by atoms with E-state index in [0.29, 0.717) is 0 Å². The number of hydrogen-bond donors (Lipinski definition) is 1. The van der Waals surface area contributed by atoms with Crippen molar-refractivity contribution in [2.75, 3.05) is 0 Å². The number of fused-ring (bicyclic) bond motifs is 1. The Hall–Kier alpha value is -2.20. The first-order valence-corrected chi connectivity index (χ1v) is 5.85. The molecule has 0 radical (unpaired) electrons. The van der Waals surface area contributed by atoms with Gasteiger partial charge in [-0.15, -0.1) is 0 Å². The number of benzene rings is 1. The molecule has 1 atom stereocenters. The summed E-state index contributed by atoms with van der Waals surface area (Å²) >= 11 is 0. The molecule has 0 aliphatic carbocycles. The van der Waals surface area contributed by atoms with Crippen molar-refractivity contribution in [1.82, 2.24) is 14.8 Å². The van der Waals surface area contributed by atoms with Crippen LogP contribution in [-0.4, -0.2) is 14.8 Å². The van der Waals surface area contributed by atoms with Gasteiger partial charge >= 0.3 is 0 Å². The number of aromatic nitrogens is 3. The molecule has 3 aromatic rings. The van der Waals surface area contributed by atoms with Crippen LogP contribution in [0.5, 0.6) is 0 Å². The van der Waals surface area contributed by atoms with Crippen LogP contribution in [0.1, 0.15) is 17.4 Å². The lowest BCUT2D eigenvalue weighted by molar-refractivity contribution is 0.665. The zero-order valence-electron chi connectivity index (χ0n) is 10.1. The fraction of sp³-hybridized carbons (Fsp3) is 0.143. The SMILES string of the molecule is Cn1nccc1C(N)c1ccc2ccccc2n1. The summed E-state index contributed by atoms with van der Waals surface area (Å²) in [6.45, 7) is 0. The quantitative estimate of drug-likeness (QED) is 0.743. The molecule has 0 spiro atoms. The van der Waals surface area contributed by atoms with E-state index in [2.05, 4.69) is 10.1 Å². The highest BCUT2D eigenvalue weighted by molar-refractivity contribution is 5.78. The first-order valence-electron chi connectivity index (χ1n) is 5.85. The molecule has 4 heteroatoms. The van der Waals surface area contributed by atoms with Crippen LogP contribution in [-0.2, 0) is 7.05 Å². The largest absolute Gasteiger partial charge is 0.318 e. The molecule has 3 rings (SSSR count). The zero-order valence-corrected chi connectivity index (χ0v) is 10.1. The maximum atomic E-state index is 6.23. The second-order valence-corrected chi connectivity index (χ2v) is 4.29. The first-order chi connectivity index (χ1) is 8.75. The third kappa shape index (κ3) is 1.76. The fourth-order valence-electron chi connectivity index (χ4n) is 2.10. The Morgan fingerprint density at radius 1 is 1.11 bits per heavy atom. The number of nitrogens with two attached hydrogens (primary N) is 1. The Balaban J connectivity index is 2.07. The molecule has 18 heavy (non-hydrogen) atoms. The minimum Gasteiger partial charge on any atom is -0.318 e. The van der Waals surface area contributed by atoms with Gasteiger partial charge in [0.05, 0.1) is 22.9 Å². The molecule has 0 saturated carbocycles. The van der Waals surface area contributed by atoms with Crippen molar-refractivity contribution in [2.24, 2.45) is 12.8 Å². The van der Waals surface area contributed by atoms with Crippen molar-refractivity contribution in [1.29, 1.82) is 0 Å². The molecule has 1 unspecified atom stereocenters. The highest BCUT2D eigenvalue weighted by Crippen LogP contribution is 2.20. The first kappa shape index (κ1) is 10.9. The van der Waals surface area contributed by atoms with Crippen LogP contribution in [0.25, 0.3) is 10.9 Å². The minimum atomic E-state index is -0.248. The zero-order chi connectivity index (χ0) is 12.5. The Bertz CT molecular complexity index is 687. The molecule has 0 aliphatic rings. The fourth-order valence-corrected chi connectivity index (χ4v) is 2.10. The van der Waals surface area contributed by atoms with Crippen LogP contribution in [0.3, 0.4) is 0 Å². The van der Waals surface area contributed by atoms with E-state index in [1.165, 1.54) is 0 Å². The van der Waals surface area contributed by atoms with Crippen molar-refractivity contribution >= 4 is 10.9 Å². The van der Waals surface area contributed by atoms with E-state index in [4.69, 9.17) is 5.73 Å². The van der Waals surface area contributed by atoms with Gasteiger partial charge in [0.2, 0.25) is 0 Å². The summed E-state index contributed by atoms with van der Waals surface area (Å²) in [7, 11) is 1.89. The average molecular weight is 238 g/mol. The molecule has 0 saturated heterocycles. The smallest absolute Gasteiger partial charge is 0.0897 e. The van der Waals surface area contributed by atoms with Gasteiger partial charge < -0.3 is 5.73 Å². The van der Waals surface area contributed by atoms with Crippen molar-refractivity contribution in [3.8, 4) is 0 Å². The van der Waals surface area contributed by atoms with E-state index in [9.17, 15) is 0 Å². The lowest BCUT2D eigenvalue weighted by Crippen LogP contribution is -2.17. The number of para-hydroxylation sites is 1. The molecule has 90 valence electrons. The van der Waals surface area contributed by atoms with Crippen molar-refractivity contribution in [2.45, 2.75) is 6.04 Å². The van der Waals surface area contributed by atoms with Crippen LogP contribution in [0.15, 0.2) is 48.7 Å². The van der Waals surface area contributed by atoms with Gasteiger partial charge in [0, 0.05) is 18.6 Å². The second-order valence-electron chi connectivity index (χ2n) is 4.29. The number of pyridine rings is 1. The van der Waals surface area contributed by atoms with Gasteiger partial charge in [-0.1, -0.05) is 24.3 Å². The predicted molar refractivity (Wildman–Crippen MR) is 71.0 cm³/mol. The summed E-state index contributed by atoms with van der Waals surface area (Å²) in [6.07, 6.45) is 1.75. The summed E-state index contributed by atoms with van der Waals surface area (Å²) in [5, 5.41) is 5.26. The van der Waals surface area contributed by atoms with Gasteiger partial charge in [-0.25, -0.2) is 0 Å². The molecule has 1 aromatic carbocycles.